The van der Waals surface area contributed by atoms with E-state index in [0.717, 1.165) is 11.3 Å². The highest BCUT2D eigenvalue weighted by Gasteiger charge is 2.09. The molecule has 0 aliphatic carbocycles. The van der Waals surface area contributed by atoms with Gasteiger partial charge in [-0.15, -0.1) is 0 Å². The van der Waals surface area contributed by atoms with Crippen molar-refractivity contribution < 1.29 is 13.5 Å². The maximum atomic E-state index is 13.4. The lowest BCUT2D eigenvalue weighted by molar-refractivity contribution is 0.414. The molecule has 0 fully saturated rings. The number of methoxy groups -OCH3 is 1. The van der Waals surface area contributed by atoms with Gasteiger partial charge in [-0.25, -0.2) is 13.8 Å². The van der Waals surface area contributed by atoms with E-state index >= 15 is 0 Å². The normalized spacial score (nSPS) is 10.3. The number of nitrogens with one attached hydrogen (secondary N) is 1. The molecular formula is C13H13F2N3O. The Balaban J connectivity index is 2.07. The summed E-state index contributed by atoms with van der Waals surface area (Å²) < 4.78 is 31.4. The Labute approximate surface area is 109 Å². The van der Waals surface area contributed by atoms with Crippen LogP contribution in [0.4, 0.5) is 20.4 Å². The molecule has 3 N–H and O–H groups in total. The van der Waals surface area contributed by atoms with Crippen LogP contribution in [0, 0.1) is 11.6 Å². The van der Waals surface area contributed by atoms with Gasteiger partial charge in [-0.3, -0.25) is 0 Å². The summed E-state index contributed by atoms with van der Waals surface area (Å²) in [6, 6.07) is 7.95. The Kier molecular flexibility index (Phi) is 3.79. The SMILES string of the molecule is COc1ccc(CNc2nc(N)c(F)cc2F)cc1. The molecule has 2 rings (SSSR count). The second-order valence-corrected chi connectivity index (χ2v) is 3.89. The first-order valence-corrected chi connectivity index (χ1v) is 5.58. The van der Waals surface area contributed by atoms with Gasteiger partial charge in [0.15, 0.2) is 23.3 Å². The zero-order valence-electron chi connectivity index (χ0n) is 10.3. The van der Waals surface area contributed by atoms with E-state index in [1.54, 1.807) is 19.2 Å². The highest BCUT2D eigenvalue weighted by Crippen LogP contribution is 2.18. The van der Waals surface area contributed by atoms with E-state index in [4.69, 9.17) is 10.5 Å². The smallest absolute Gasteiger partial charge is 0.168 e. The van der Waals surface area contributed by atoms with E-state index in [-0.39, 0.29) is 11.6 Å². The molecule has 1 aromatic carbocycles. The molecule has 0 unspecified atom stereocenters. The summed E-state index contributed by atoms with van der Waals surface area (Å²) in [5.41, 5.74) is 6.19. The summed E-state index contributed by atoms with van der Waals surface area (Å²) in [6.45, 7) is 0.346. The van der Waals surface area contributed by atoms with Gasteiger partial charge in [0, 0.05) is 12.6 Å². The van der Waals surface area contributed by atoms with Crippen LogP contribution in [-0.4, -0.2) is 12.1 Å². The predicted molar refractivity (Wildman–Crippen MR) is 68.9 cm³/mol. The molecular weight excluding hydrogens is 252 g/mol. The lowest BCUT2D eigenvalue weighted by Gasteiger charge is -2.08. The van der Waals surface area contributed by atoms with Crippen molar-refractivity contribution in [3.05, 3.63) is 47.5 Å². The molecule has 4 nitrogen and oxygen atoms in total. The quantitative estimate of drug-likeness (QED) is 0.892. The number of nitrogen functional groups attached to an aromatic ring is 1. The topological polar surface area (TPSA) is 60.2 Å². The van der Waals surface area contributed by atoms with Crippen LogP contribution in [0.5, 0.6) is 5.75 Å². The van der Waals surface area contributed by atoms with Crippen LogP contribution in [0.1, 0.15) is 5.56 Å². The summed E-state index contributed by atoms with van der Waals surface area (Å²) in [7, 11) is 1.58. The Morgan fingerprint density at radius 2 is 1.89 bits per heavy atom. The third-order valence-corrected chi connectivity index (χ3v) is 2.58. The van der Waals surface area contributed by atoms with Gasteiger partial charge in [0.25, 0.3) is 0 Å². The molecule has 0 bridgehead atoms. The standard InChI is InChI=1S/C13H13F2N3O/c1-19-9-4-2-8(3-5-9)7-17-13-11(15)6-10(14)12(16)18-13/h2-6H,7H2,1H3,(H3,16,17,18). The van der Waals surface area contributed by atoms with Crippen molar-refractivity contribution in [2.24, 2.45) is 0 Å². The molecule has 0 amide bonds. The molecule has 6 heteroatoms. The molecule has 2 aromatic rings. The highest BCUT2D eigenvalue weighted by atomic mass is 19.1. The van der Waals surface area contributed by atoms with E-state index in [0.29, 0.717) is 12.6 Å². The fourth-order valence-electron chi connectivity index (χ4n) is 1.53. The summed E-state index contributed by atoms with van der Waals surface area (Å²) >= 11 is 0. The van der Waals surface area contributed by atoms with Gasteiger partial charge in [0.1, 0.15) is 5.75 Å². The minimum Gasteiger partial charge on any atom is -0.497 e. The molecule has 0 aliphatic rings. The molecule has 0 saturated carbocycles. The highest BCUT2D eigenvalue weighted by molar-refractivity contribution is 5.45. The fourth-order valence-corrected chi connectivity index (χ4v) is 1.53. The molecule has 0 aliphatic heterocycles. The van der Waals surface area contributed by atoms with E-state index < -0.39 is 11.6 Å². The first-order valence-electron chi connectivity index (χ1n) is 5.58. The van der Waals surface area contributed by atoms with Gasteiger partial charge >= 0.3 is 0 Å². The number of benzene rings is 1. The number of pyridine rings is 1. The van der Waals surface area contributed by atoms with Crippen LogP contribution in [0.25, 0.3) is 0 Å². The maximum Gasteiger partial charge on any atom is 0.168 e. The number of aromatic nitrogens is 1. The van der Waals surface area contributed by atoms with Crippen molar-refractivity contribution in [2.45, 2.75) is 6.54 Å². The molecule has 0 saturated heterocycles. The van der Waals surface area contributed by atoms with Crippen molar-refractivity contribution in [3.8, 4) is 5.75 Å². The number of hydrogen-bond acceptors (Lipinski definition) is 4. The van der Waals surface area contributed by atoms with Crippen molar-refractivity contribution >= 4 is 11.6 Å². The summed E-state index contributed by atoms with van der Waals surface area (Å²) in [4.78, 5) is 3.61. The second-order valence-electron chi connectivity index (χ2n) is 3.89. The third-order valence-electron chi connectivity index (χ3n) is 2.58. The van der Waals surface area contributed by atoms with E-state index in [9.17, 15) is 8.78 Å². The summed E-state index contributed by atoms with van der Waals surface area (Å²) in [5.74, 6) is -1.32. The van der Waals surface area contributed by atoms with Gasteiger partial charge in [-0.1, -0.05) is 12.1 Å². The molecule has 0 spiro atoms. The van der Waals surface area contributed by atoms with E-state index in [2.05, 4.69) is 10.3 Å². The van der Waals surface area contributed by atoms with Crippen LogP contribution in [0.2, 0.25) is 0 Å². The first kappa shape index (κ1) is 13.1. The number of halogens is 2. The summed E-state index contributed by atoms with van der Waals surface area (Å²) in [5, 5.41) is 2.76. The molecule has 1 aromatic heterocycles. The Bertz CT molecular complexity index is 573. The van der Waals surface area contributed by atoms with E-state index in [1.807, 2.05) is 12.1 Å². The van der Waals surface area contributed by atoms with Crippen molar-refractivity contribution in [1.82, 2.24) is 4.98 Å². The molecule has 1 heterocycles. The molecule has 0 radical (unpaired) electrons. The first-order chi connectivity index (χ1) is 9.10. The number of rotatable bonds is 4. The van der Waals surface area contributed by atoms with Crippen molar-refractivity contribution in [2.75, 3.05) is 18.2 Å². The van der Waals surface area contributed by atoms with Crippen molar-refractivity contribution in [1.29, 1.82) is 0 Å². The Morgan fingerprint density at radius 1 is 1.21 bits per heavy atom. The van der Waals surface area contributed by atoms with Gasteiger partial charge in [-0.2, -0.15) is 0 Å². The number of nitrogens with zero attached hydrogens (tertiary/aromatic N) is 1. The van der Waals surface area contributed by atoms with E-state index in [1.165, 1.54) is 0 Å². The summed E-state index contributed by atoms with van der Waals surface area (Å²) in [6.07, 6.45) is 0. The van der Waals surface area contributed by atoms with Crippen molar-refractivity contribution in [3.63, 3.8) is 0 Å². The Hall–Kier alpha value is -2.37. The molecule has 100 valence electrons. The average Bonchev–Trinajstić information content (AvgIpc) is 2.42. The van der Waals surface area contributed by atoms with Gasteiger partial charge < -0.3 is 15.8 Å². The minimum atomic E-state index is -0.868. The zero-order valence-corrected chi connectivity index (χ0v) is 10.3. The molecule has 0 atom stereocenters. The number of anilines is 2. The van der Waals surface area contributed by atoms with Crippen LogP contribution in [-0.2, 0) is 6.54 Å². The maximum absolute atomic E-state index is 13.4. The minimum absolute atomic E-state index is 0.0743. The van der Waals surface area contributed by atoms with Gasteiger partial charge in [0.2, 0.25) is 0 Å². The number of nitrogens with two attached hydrogens (primary N) is 1. The lowest BCUT2D eigenvalue weighted by Crippen LogP contribution is -2.06. The second kappa shape index (κ2) is 5.51. The van der Waals surface area contributed by atoms with Crippen LogP contribution in [0.3, 0.4) is 0 Å². The number of hydrogen-bond donors (Lipinski definition) is 2. The predicted octanol–water partition coefficient (Wildman–Crippen LogP) is 2.56. The fraction of sp³-hybridized carbons (Fsp3) is 0.154. The Morgan fingerprint density at radius 3 is 2.53 bits per heavy atom. The lowest BCUT2D eigenvalue weighted by atomic mass is 10.2. The van der Waals surface area contributed by atoms with Crippen LogP contribution in [0.15, 0.2) is 30.3 Å². The van der Waals surface area contributed by atoms with Crippen LogP contribution < -0.4 is 15.8 Å². The zero-order chi connectivity index (χ0) is 13.8. The van der Waals surface area contributed by atoms with Crippen LogP contribution >= 0.6 is 0 Å². The monoisotopic (exact) mass is 265 g/mol. The van der Waals surface area contributed by atoms with Gasteiger partial charge in [-0.05, 0) is 17.7 Å². The average molecular weight is 265 g/mol. The molecule has 19 heavy (non-hydrogen) atoms. The third kappa shape index (κ3) is 3.09. The number of ether oxygens (including phenoxy) is 1. The largest absolute Gasteiger partial charge is 0.497 e. The van der Waals surface area contributed by atoms with Gasteiger partial charge in [0.05, 0.1) is 7.11 Å².